The molecule has 1 saturated carbocycles. The van der Waals surface area contributed by atoms with Gasteiger partial charge in [0.1, 0.15) is 6.04 Å². The summed E-state index contributed by atoms with van der Waals surface area (Å²) in [7, 11) is 0. The Bertz CT molecular complexity index is 919. The number of hydrogen-bond donors (Lipinski definition) is 1. The van der Waals surface area contributed by atoms with Crippen LogP contribution in [0.15, 0.2) is 18.2 Å². The Morgan fingerprint density at radius 1 is 1.10 bits per heavy atom. The topological polar surface area (TPSA) is 86.8 Å². The third-order valence-corrected chi connectivity index (χ3v) is 7.16. The number of imide groups is 1. The van der Waals surface area contributed by atoms with Gasteiger partial charge in [0.25, 0.3) is 11.8 Å². The van der Waals surface area contributed by atoms with Gasteiger partial charge in [-0.3, -0.25) is 24.5 Å². The van der Waals surface area contributed by atoms with Crippen molar-refractivity contribution >= 4 is 23.6 Å². The Kier molecular flexibility index (Phi) is 4.22. The fourth-order valence-electron chi connectivity index (χ4n) is 5.51. The molecule has 0 radical (unpaired) electrons. The first-order chi connectivity index (χ1) is 14.0. The van der Waals surface area contributed by atoms with E-state index in [1.54, 1.807) is 12.1 Å². The van der Waals surface area contributed by atoms with E-state index in [4.69, 9.17) is 0 Å². The van der Waals surface area contributed by atoms with Crippen molar-refractivity contribution in [2.24, 2.45) is 5.41 Å². The molecule has 3 aliphatic heterocycles. The first-order valence-electron chi connectivity index (χ1n) is 10.5. The maximum absolute atomic E-state index is 13.1. The van der Waals surface area contributed by atoms with Gasteiger partial charge in [-0.05, 0) is 48.8 Å². The zero-order valence-electron chi connectivity index (χ0n) is 16.4. The molecule has 5 rings (SSSR count). The summed E-state index contributed by atoms with van der Waals surface area (Å²) in [6, 6.07) is 4.67. The predicted molar refractivity (Wildman–Crippen MR) is 104 cm³/mol. The van der Waals surface area contributed by atoms with E-state index in [1.165, 1.54) is 30.6 Å². The summed E-state index contributed by atoms with van der Waals surface area (Å²) in [6.45, 7) is 1.94. The molecular formula is C22H25N3O4. The average Bonchev–Trinajstić information content (AvgIpc) is 3.42. The van der Waals surface area contributed by atoms with E-state index in [0.717, 1.165) is 25.1 Å². The number of amides is 4. The summed E-state index contributed by atoms with van der Waals surface area (Å²) < 4.78 is 0. The van der Waals surface area contributed by atoms with Gasteiger partial charge < -0.3 is 9.80 Å². The van der Waals surface area contributed by atoms with Gasteiger partial charge in [-0.1, -0.05) is 18.9 Å². The third kappa shape index (κ3) is 3.03. The van der Waals surface area contributed by atoms with Crippen LogP contribution in [0, 0.1) is 5.41 Å². The van der Waals surface area contributed by atoms with Crippen LogP contribution in [0.5, 0.6) is 0 Å². The van der Waals surface area contributed by atoms with Gasteiger partial charge in [0.2, 0.25) is 11.8 Å². The number of likely N-dealkylation sites (tertiary alicyclic amines) is 1. The van der Waals surface area contributed by atoms with Crippen molar-refractivity contribution in [3.05, 3.63) is 34.9 Å². The highest BCUT2D eigenvalue weighted by Crippen LogP contribution is 2.45. The molecule has 0 bridgehead atoms. The normalized spacial score (nSPS) is 25.7. The van der Waals surface area contributed by atoms with Crippen molar-refractivity contribution in [2.75, 3.05) is 13.1 Å². The van der Waals surface area contributed by atoms with Gasteiger partial charge in [0.15, 0.2) is 0 Å². The van der Waals surface area contributed by atoms with Crippen molar-refractivity contribution in [3.8, 4) is 0 Å². The van der Waals surface area contributed by atoms with Gasteiger partial charge in [0, 0.05) is 37.2 Å². The predicted octanol–water partition coefficient (Wildman–Crippen LogP) is 1.85. The van der Waals surface area contributed by atoms with Gasteiger partial charge >= 0.3 is 0 Å². The number of fused-ring (bicyclic) bond motifs is 1. The number of nitrogens with one attached hydrogen (secondary N) is 1. The highest BCUT2D eigenvalue weighted by atomic mass is 16.2. The molecule has 152 valence electrons. The van der Waals surface area contributed by atoms with Crippen molar-refractivity contribution in [2.45, 2.75) is 57.5 Å². The van der Waals surface area contributed by atoms with Crippen LogP contribution in [0.25, 0.3) is 0 Å². The van der Waals surface area contributed by atoms with E-state index in [1.807, 2.05) is 11.0 Å². The number of rotatable bonds is 2. The number of nitrogens with zero attached hydrogens (tertiary/aromatic N) is 2. The Morgan fingerprint density at radius 3 is 2.66 bits per heavy atom. The molecule has 0 aromatic heterocycles. The highest BCUT2D eigenvalue weighted by Gasteiger charge is 2.43. The fourth-order valence-corrected chi connectivity index (χ4v) is 5.51. The summed E-state index contributed by atoms with van der Waals surface area (Å²) in [5, 5.41) is 2.31. The second kappa shape index (κ2) is 6.68. The summed E-state index contributed by atoms with van der Waals surface area (Å²) in [5.41, 5.74) is 2.17. The van der Waals surface area contributed by atoms with Gasteiger partial charge in [-0.25, -0.2) is 0 Å². The number of carbonyl (C=O) groups excluding carboxylic acids is 4. The van der Waals surface area contributed by atoms with Crippen molar-refractivity contribution < 1.29 is 19.2 Å². The maximum Gasteiger partial charge on any atom is 0.255 e. The second-order valence-corrected chi connectivity index (χ2v) is 8.96. The van der Waals surface area contributed by atoms with E-state index in [-0.39, 0.29) is 24.1 Å². The third-order valence-electron chi connectivity index (χ3n) is 7.16. The lowest BCUT2D eigenvalue weighted by Gasteiger charge is -2.29. The Morgan fingerprint density at radius 2 is 1.90 bits per heavy atom. The van der Waals surface area contributed by atoms with Crippen LogP contribution in [0.2, 0.25) is 0 Å². The minimum absolute atomic E-state index is 0.0103. The molecule has 1 aromatic carbocycles. The van der Waals surface area contributed by atoms with Crippen LogP contribution in [0.1, 0.15) is 71.2 Å². The van der Waals surface area contributed by atoms with E-state index in [9.17, 15) is 19.2 Å². The lowest BCUT2D eigenvalue weighted by atomic mass is 9.86. The molecule has 4 amide bonds. The van der Waals surface area contributed by atoms with Crippen LogP contribution in [0.3, 0.4) is 0 Å². The number of piperidine rings is 1. The summed E-state index contributed by atoms with van der Waals surface area (Å²) >= 11 is 0. The lowest BCUT2D eigenvalue weighted by molar-refractivity contribution is -0.136. The van der Waals surface area contributed by atoms with Crippen molar-refractivity contribution in [3.63, 3.8) is 0 Å². The molecule has 1 aliphatic carbocycles. The van der Waals surface area contributed by atoms with Crippen LogP contribution in [-0.2, 0) is 16.1 Å². The molecule has 29 heavy (non-hydrogen) atoms. The largest absolute Gasteiger partial charge is 0.338 e. The molecule has 4 aliphatic rings. The quantitative estimate of drug-likeness (QED) is 0.775. The lowest BCUT2D eigenvalue weighted by Crippen LogP contribution is -2.52. The zero-order chi connectivity index (χ0) is 20.2. The van der Waals surface area contributed by atoms with Gasteiger partial charge in [-0.2, -0.15) is 0 Å². The molecule has 1 spiro atoms. The molecular weight excluding hydrogens is 370 g/mol. The van der Waals surface area contributed by atoms with Crippen molar-refractivity contribution in [1.29, 1.82) is 0 Å². The first-order valence-corrected chi connectivity index (χ1v) is 10.5. The van der Waals surface area contributed by atoms with Crippen molar-refractivity contribution in [1.82, 2.24) is 15.1 Å². The Labute approximate surface area is 169 Å². The van der Waals surface area contributed by atoms with E-state index in [0.29, 0.717) is 29.5 Å². The Balaban J connectivity index is 1.33. The SMILES string of the molecule is O=C1CCC(N2Cc3ccc(C(=O)N4CCC5(CCCC5)C4)cc3C2=O)C(=O)N1. The fraction of sp³-hybridized carbons (Fsp3) is 0.545. The van der Waals surface area contributed by atoms with E-state index >= 15 is 0 Å². The first kappa shape index (κ1) is 18.3. The van der Waals surface area contributed by atoms with Crippen LogP contribution >= 0.6 is 0 Å². The zero-order valence-corrected chi connectivity index (χ0v) is 16.4. The standard InChI is InChI=1S/C22H25N3O4/c26-18-6-5-17(19(27)23-18)25-12-15-4-3-14(11-16(15)21(25)29)20(28)24-10-9-22(13-24)7-1-2-8-22/h3-4,11,17H,1-2,5-10,12-13H2,(H,23,26,27). The number of benzene rings is 1. The average molecular weight is 395 g/mol. The van der Waals surface area contributed by atoms with Gasteiger partial charge in [-0.15, -0.1) is 0 Å². The van der Waals surface area contributed by atoms with Crippen LogP contribution in [-0.4, -0.2) is 52.6 Å². The molecule has 2 saturated heterocycles. The van der Waals surface area contributed by atoms with E-state index in [2.05, 4.69) is 5.32 Å². The molecule has 7 heteroatoms. The molecule has 7 nitrogen and oxygen atoms in total. The highest BCUT2D eigenvalue weighted by molar-refractivity contribution is 6.06. The van der Waals surface area contributed by atoms with Crippen LogP contribution in [0.4, 0.5) is 0 Å². The van der Waals surface area contributed by atoms with Crippen LogP contribution < -0.4 is 5.32 Å². The monoisotopic (exact) mass is 395 g/mol. The number of hydrogen-bond acceptors (Lipinski definition) is 4. The van der Waals surface area contributed by atoms with Gasteiger partial charge in [0.05, 0.1) is 0 Å². The molecule has 3 heterocycles. The minimum Gasteiger partial charge on any atom is -0.338 e. The maximum atomic E-state index is 13.1. The molecule has 1 aromatic rings. The molecule has 1 atom stereocenters. The smallest absolute Gasteiger partial charge is 0.255 e. The molecule has 1 N–H and O–H groups in total. The molecule has 1 unspecified atom stereocenters. The number of carbonyl (C=O) groups is 4. The van der Waals surface area contributed by atoms with E-state index < -0.39 is 11.9 Å². The minimum atomic E-state index is -0.632. The Hall–Kier alpha value is -2.70. The summed E-state index contributed by atoms with van der Waals surface area (Å²) in [5.74, 6) is -0.965. The molecule has 3 fully saturated rings. The summed E-state index contributed by atoms with van der Waals surface area (Å²) in [6.07, 6.45) is 6.58. The summed E-state index contributed by atoms with van der Waals surface area (Å²) in [4.78, 5) is 53.0. The second-order valence-electron chi connectivity index (χ2n) is 8.96.